The van der Waals surface area contributed by atoms with E-state index in [9.17, 15) is 14.3 Å². The predicted molar refractivity (Wildman–Crippen MR) is 114 cm³/mol. The first-order valence-corrected chi connectivity index (χ1v) is 10.6. The average molecular weight is 421 g/mol. The Morgan fingerprint density at radius 3 is 2.67 bits per heavy atom. The first-order valence-electron chi connectivity index (χ1n) is 10.6. The van der Waals surface area contributed by atoms with Gasteiger partial charge in [0.2, 0.25) is 0 Å². The molecule has 2 aliphatic heterocycles. The normalized spacial score (nSPS) is 19.8. The molecule has 1 aromatic rings. The third-order valence-corrected chi connectivity index (χ3v) is 5.90. The number of carboxylic acids is 1. The van der Waals surface area contributed by atoms with Gasteiger partial charge in [-0.05, 0) is 56.3 Å². The van der Waals surface area contributed by atoms with Gasteiger partial charge in [0.05, 0.1) is 5.92 Å². The van der Waals surface area contributed by atoms with E-state index in [1.165, 1.54) is 6.07 Å². The van der Waals surface area contributed by atoms with Crippen LogP contribution >= 0.6 is 0 Å². The van der Waals surface area contributed by atoms with Gasteiger partial charge >= 0.3 is 5.97 Å². The number of likely N-dealkylation sites (tertiary alicyclic amines) is 1. The van der Waals surface area contributed by atoms with Crippen LogP contribution in [0.5, 0.6) is 0 Å². The van der Waals surface area contributed by atoms with Gasteiger partial charge in [-0.1, -0.05) is 26.0 Å². The number of hydrazone groups is 1. The second-order valence-electron chi connectivity index (χ2n) is 8.78. The highest BCUT2D eigenvalue weighted by molar-refractivity contribution is 5.89. The number of piperidine rings is 1. The van der Waals surface area contributed by atoms with Gasteiger partial charge in [0.25, 0.3) is 0 Å². The van der Waals surface area contributed by atoms with Crippen molar-refractivity contribution in [3.63, 3.8) is 0 Å². The second kappa shape index (κ2) is 10.2. The number of aliphatic carboxylic acids is 1. The molecule has 6 N–H and O–H groups in total. The molecule has 0 aromatic heterocycles. The lowest BCUT2D eigenvalue weighted by Gasteiger charge is -2.30. The fourth-order valence-corrected chi connectivity index (χ4v) is 4.21. The minimum atomic E-state index is -0.870. The standard InChI is InChI=1S/C21H33FN6O2/c1-13(2)9-18(21(29)30)17(20-24-26-27-25-20)10-14-3-4-15(19(22)11-14)12-28-7-5-16(23)6-8-28/h3-4,11,13,16-18,26-27H,5-10,12,23H2,1-2H3,(H,24,25)(H,29,30). The quantitative estimate of drug-likeness (QED) is 0.412. The molecule has 0 amide bonds. The van der Waals surface area contributed by atoms with Gasteiger partial charge < -0.3 is 10.8 Å². The van der Waals surface area contributed by atoms with Crippen LogP contribution < -0.4 is 22.2 Å². The van der Waals surface area contributed by atoms with Gasteiger partial charge in [0.1, 0.15) is 11.7 Å². The number of hydrogen-bond acceptors (Lipinski definition) is 7. The van der Waals surface area contributed by atoms with Crippen LogP contribution in [0.15, 0.2) is 23.3 Å². The maximum absolute atomic E-state index is 14.8. The number of amidine groups is 1. The van der Waals surface area contributed by atoms with Gasteiger partial charge in [-0.2, -0.15) is 0 Å². The molecule has 1 saturated heterocycles. The number of nitrogens with zero attached hydrogens (tertiary/aromatic N) is 2. The summed E-state index contributed by atoms with van der Waals surface area (Å²) in [7, 11) is 0. The van der Waals surface area contributed by atoms with Crippen molar-refractivity contribution in [1.29, 1.82) is 0 Å². The van der Waals surface area contributed by atoms with E-state index in [4.69, 9.17) is 5.73 Å². The van der Waals surface area contributed by atoms with E-state index < -0.39 is 17.8 Å². The number of hydrazine groups is 2. The van der Waals surface area contributed by atoms with Crippen molar-refractivity contribution in [2.24, 2.45) is 28.6 Å². The Bertz CT molecular complexity index is 764. The summed E-state index contributed by atoms with van der Waals surface area (Å²) in [5.74, 6) is -1.41. The Morgan fingerprint density at radius 1 is 1.37 bits per heavy atom. The summed E-state index contributed by atoms with van der Waals surface area (Å²) in [6.45, 7) is 6.32. The van der Waals surface area contributed by atoms with Crippen LogP contribution in [-0.2, 0) is 17.8 Å². The highest BCUT2D eigenvalue weighted by Crippen LogP contribution is 2.27. The molecule has 0 aliphatic carbocycles. The number of carboxylic acid groups (broad SMARTS) is 1. The molecule has 166 valence electrons. The zero-order valence-electron chi connectivity index (χ0n) is 17.7. The summed E-state index contributed by atoms with van der Waals surface area (Å²) < 4.78 is 14.8. The van der Waals surface area contributed by atoms with E-state index >= 15 is 0 Å². The minimum Gasteiger partial charge on any atom is -0.481 e. The van der Waals surface area contributed by atoms with Crippen molar-refractivity contribution < 1.29 is 14.3 Å². The Balaban J connectivity index is 1.74. The summed E-state index contributed by atoms with van der Waals surface area (Å²) in [6.07, 6.45) is 2.77. The number of rotatable bonds is 9. The van der Waals surface area contributed by atoms with Crippen molar-refractivity contribution in [3.8, 4) is 0 Å². The third-order valence-electron chi connectivity index (χ3n) is 5.90. The van der Waals surface area contributed by atoms with Crippen LogP contribution in [-0.4, -0.2) is 40.9 Å². The molecule has 1 aromatic carbocycles. The summed E-state index contributed by atoms with van der Waals surface area (Å²) >= 11 is 0. The first kappa shape index (κ1) is 22.5. The van der Waals surface area contributed by atoms with Crippen molar-refractivity contribution in [2.45, 2.75) is 52.1 Å². The molecular formula is C21H33FN6O2. The fourth-order valence-electron chi connectivity index (χ4n) is 4.21. The van der Waals surface area contributed by atoms with Crippen LogP contribution in [0.1, 0.15) is 44.2 Å². The number of halogens is 1. The second-order valence-corrected chi connectivity index (χ2v) is 8.78. The minimum absolute atomic E-state index is 0.216. The smallest absolute Gasteiger partial charge is 0.307 e. The Kier molecular flexibility index (Phi) is 7.63. The molecule has 1 fully saturated rings. The molecular weight excluding hydrogens is 387 g/mol. The van der Waals surface area contributed by atoms with E-state index in [0.29, 0.717) is 30.8 Å². The predicted octanol–water partition coefficient (Wildman–Crippen LogP) is 1.58. The lowest BCUT2D eigenvalue weighted by Crippen LogP contribution is -2.42. The lowest BCUT2D eigenvalue weighted by atomic mass is 9.81. The lowest BCUT2D eigenvalue weighted by molar-refractivity contribution is -0.143. The molecule has 2 aliphatic rings. The molecule has 9 heteroatoms. The van der Waals surface area contributed by atoms with Crippen molar-refractivity contribution in [3.05, 3.63) is 35.1 Å². The van der Waals surface area contributed by atoms with Crippen LogP contribution in [0.2, 0.25) is 0 Å². The summed E-state index contributed by atoms with van der Waals surface area (Å²) in [5.41, 5.74) is 15.5. The Labute approximate surface area is 177 Å². The molecule has 0 radical (unpaired) electrons. The molecule has 2 unspecified atom stereocenters. The average Bonchev–Trinajstić information content (AvgIpc) is 3.22. The van der Waals surface area contributed by atoms with Gasteiger partial charge in [-0.25, -0.2) is 9.93 Å². The number of carbonyl (C=O) groups is 1. The molecule has 8 nitrogen and oxygen atoms in total. The molecule has 2 atom stereocenters. The van der Waals surface area contributed by atoms with E-state index in [0.717, 1.165) is 31.5 Å². The number of benzene rings is 1. The van der Waals surface area contributed by atoms with Crippen LogP contribution in [0, 0.1) is 23.6 Å². The topological polar surface area (TPSA) is 115 Å². The highest BCUT2D eigenvalue weighted by atomic mass is 19.1. The van der Waals surface area contributed by atoms with E-state index in [2.05, 4.69) is 26.5 Å². The maximum Gasteiger partial charge on any atom is 0.307 e. The largest absolute Gasteiger partial charge is 0.481 e. The monoisotopic (exact) mass is 420 g/mol. The molecule has 0 bridgehead atoms. The SMILES string of the molecule is CC(C)CC(C(=O)O)C(Cc1ccc(CN2CCC(N)CC2)c(F)c1)C1=NNNN1. The van der Waals surface area contributed by atoms with Crippen molar-refractivity contribution >= 4 is 11.8 Å². The zero-order valence-corrected chi connectivity index (χ0v) is 17.7. The van der Waals surface area contributed by atoms with Crippen LogP contribution in [0.4, 0.5) is 4.39 Å². The van der Waals surface area contributed by atoms with Gasteiger partial charge in [0.15, 0.2) is 0 Å². The molecule has 0 spiro atoms. The number of hydrogen-bond donors (Lipinski definition) is 5. The van der Waals surface area contributed by atoms with E-state index in [1.807, 2.05) is 26.0 Å². The number of nitrogens with two attached hydrogens (primary N) is 1. The molecule has 30 heavy (non-hydrogen) atoms. The van der Waals surface area contributed by atoms with Crippen LogP contribution in [0.3, 0.4) is 0 Å². The van der Waals surface area contributed by atoms with Crippen molar-refractivity contribution in [2.75, 3.05) is 13.1 Å². The van der Waals surface area contributed by atoms with Gasteiger partial charge in [0, 0.05) is 24.1 Å². The van der Waals surface area contributed by atoms with E-state index in [1.54, 1.807) is 0 Å². The highest BCUT2D eigenvalue weighted by Gasteiger charge is 2.34. The zero-order chi connectivity index (χ0) is 21.7. The maximum atomic E-state index is 14.8. The number of nitrogens with one attached hydrogen (secondary N) is 3. The molecule has 3 rings (SSSR count). The molecule has 2 heterocycles. The van der Waals surface area contributed by atoms with Gasteiger partial charge in [-0.15, -0.1) is 10.6 Å². The summed E-state index contributed by atoms with van der Waals surface area (Å²) in [4.78, 5) is 14.2. The van der Waals surface area contributed by atoms with Crippen molar-refractivity contribution in [1.82, 2.24) is 21.4 Å². The Morgan fingerprint density at radius 2 is 2.10 bits per heavy atom. The first-order chi connectivity index (χ1) is 14.3. The fraction of sp³-hybridized carbons (Fsp3) is 0.619. The van der Waals surface area contributed by atoms with Gasteiger partial charge in [-0.3, -0.25) is 15.1 Å². The molecule has 0 saturated carbocycles. The summed E-state index contributed by atoms with van der Waals surface area (Å²) in [5, 5.41) is 14.0. The third kappa shape index (κ3) is 5.90. The Hall–Kier alpha value is -2.23. The summed E-state index contributed by atoms with van der Waals surface area (Å²) in [6, 6.07) is 5.48. The van der Waals surface area contributed by atoms with Crippen LogP contribution in [0.25, 0.3) is 0 Å². The van der Waals surface area contributed by atoms with E-state index in [-0.39, 0.29) is 17.8 Å².